The second kappa shape index (κ2) is 10.3. The van der Waals surface area contributed by atoms with E-state index in [1.165, 1.54) is 5.56 Å². The summed E-state index contributed by atoms with van der Waals surface area (Å²) in [4.78, 5) is 4.32. The van der Waals surface area contributed by atoms with Crippen molar-refractivity contribution in [1.82, 2.24) is 0 Å². The van der Waals surface area contributed by atoms with Crippen LogP contribution in [0.25, 0.3) is 0 Å². The first-order valence-corrected chi connectivity index (χ1v) is 7.51. The fourth-order valence-electron chi connectivity index (χ4n) is 2.06. The first-order valence-electron chi connectivity index (χ1n) is 7.13. The molecule has 6 heteroatoms. The quantitative estimate of drug-likeness (QED) is 0.301. The van der Waals surface area contributed by atoms with Crippen LogP contribution in [0.3, 0.4) is 0 Å². The van der Waals surface area contributed by atoms with Gasteiger partial charge in [0.1, 0.15) is 5.75 Å². The summed E-state index contributed by atoms with van der Waals surface area (Å²) >= 11 is 6.06. The molecule has 0 amide bonds. The van der Waals surface area contributed by atoms with E-state index in [0.29, 0.717) is 23.3 Å². The van der Waals surface area contributed by atoms with Gasteiger partial charge in [0.05, 0.1) is 12.1 Å². The largest absolute Gasteiger partial charge is 0.495 e. The molecule has 23 heavy (non-hydrogen) atoms. The molecule has 0 aliphatic carbocycles. The van der Waals surface area contributed by atoms with Crippen LogP contribution in [0.1, 0.15) is 12.0 Å². The third-order valence-corrected chi connectivity index (χ3v) is 3.47. The van der Waals surface area contributed by atoms with E-state index < -0.39 is 0 Å². The highest BCUT2D eigenvalue weighted by molar-refractivity contribution is 14.0. The third kappa shape index (κ3) is 6.66. The molecule has 0 radical (unpaired) electrons. The van der Waals surface area contributed by atoms with Gasteiger partial charge in [-0.3, -0.25) is 4.99 Å². The van der Waals surface area contributed by atoms with E-state index in [9.17, 15) is 0 Å². The number of halogens is 2. The van der Waals surface area contributed by atoms with Crippen molar-refractivity contribution in [3.8, 4) is 5.75 Å². The molecule has 4 nitrogen and oxygen atoms in total. The molecule has 0 spiro atoms. The zero-order valence-corrected chi connectivity index (χ0v) is 16.0. The maximum absolute atomic E-state index is 6.06. The Kier molecular flexibility index (Phi) is 8.79. The number of aryl methyl sites for hydroxylation is 1. The Bertz CT molecular complexity index is 635. The van der Waals surface area contributed by atoms with Crippen LogP contribution in [-0.4, -0.2) is 19.6 Å². The molecule has 0 bridgehead atoms. The van der Waals surface area contributed by atoms with Crippen molar-refractivity contribution in [2.75, 3.05) is 19.0 Å². The van der Waals surface area contributed by atoms with Crippen molar-refractivity contribution in [3.63, 3.8) is 0 Å². The van der Waals surface area contributed by atoms with Crippen LogP contribution >= 0.6 is 35.6 Å². The predicted molar refractivity (Wildman–Crippen MR) is 108 cm³/mol. The van der Waals surface area contributed by atoms with Gasteiger partial charge in [-0.05, 0) is 36.6 Å². The van der Waals surface area contributed by atoms with Crippen molar-refractivity contribution < 1.29 is 4.74 Å². The minimum Gasteiger partial charge on any atom is -0.495 e. The standard InChI is InChI=1S/C17H20ClN3O.HI/c1-22-16-10-9-14(12-15(16)18)21-17(19)20-11-5-8-13-6-3-2-4-7-13;/h2-4,6-7,9-10,12H,5,8,11H2,1H3,(H3,19,20,21);1H. The Balaban J connectivity index is 0.00000264. The number of aliphatic imine (C=N–C) groups is 1. The Labute approximate surface area is 159 Å². The van der Waals surface area contributed by atoms with Crippen LogP contribution in [0.4, 0.5) is 5.69 Å². The van der Waals surface area contributed by atoms with Crippen molar-refractivity contribution in [2.24, 2.45) is 10.7 Å². The Morgan fingerprint density at radius 2 is 1.96 bits per heavy atom. The fourth-order valence-corrected chi connectivity index (χ4v) is 2.32. The van der Waals surface area contributed by atoms with E-state index in [1.54, 1.807) is 19.2 Å². The number of anilines is 1. The van der Waals surface area contributed by atoms with Gasteiger partial charge in [0.15, 0.2) is 5.96 Å². The lowest BCUT2D eigenvalue weighted by Gasteiger charge is -2.08. The highest BCUT2D eigenvalue weighted by Crippen LogP contribution is 2.26. The summed E-state index contributed by atoms with van der Waals surface area (Å²) in [6, 6.07) is 15.7. The number of nitrogens with two attached hydrogens (primary N) is 1. The number of hydrogen-bond acceptors (Lipinski definition) is 2. The average molecular weight is 446 g/mol. The zero-order chi connectivity index (χ0) is 15.8. The summed E-state index contributed by atoms with van der Waals surface area (Å²) in [5.41, 5.74) is 7.97. The molecule has 2 aromatic rings. The molecular formula is C17H21ClIN3O. The molecule has 2 aromatic carbocycles. The van der Waals surface area contributed by atoms with Gasteiger partial charge in [-0.2, -0.15) is 0 Å². The fraction of sp³-hybridized carbons (Fsp3) is 0.235. The average Bonchev–Trinajstić information content (AvgIpc) is 2.53. The maximum atomic E-state index is 6.06. The van der Waals surface area contributed by atoms with E-state index >= 15 is 0 Å². The van der Waals surface area contributed by atoms with Crippen molar-refractivity contribution in [1.29, 1.82) is 0 Å². The molecule has 0 aromatic heterocycles. The van der Waals surface area contributed by atoms with Gasteiger partial charge in [-0.25, -0.2) is 0 Å². The minimum atomic E-state index is 0. The van der Waals surface area contributed by atoms with Crippen molar-refractivity contribution in [2.45, 2.75) is 12.8 Å². The molecule has 0 aliphatic heterocycles. The van der Waals surface area contributed by atoms with Crippen LogP contribution in [0.2, 0.25) is 5.02 Å². The second-order valence-corrected chi connectivity index (χ2v) is 5.24. The summed E-state index contributed by atoms with van der Waals surface area (Å²) < 4.78 is 5.11. The highest BCUT2D eigenvalue weighted by atomic mass is 127. The molecule has 124 valence electrons. The SMILES string of the molecule is COc1ccc(NC(N)=NCCCc2ccccc2)cc1Cl.I. The predicted octanol–water partition coefficient (Wildman–Crippen LogP) is 4.33. The lowest BCUT2D eigenvalue weighted by atomic mass is 10.1. The number of guanidine groups is 1. The van der Waals surface area contributed by atoms with Gasteiger partial charge in [-0.1, -0.05) is 41.9 Å². The minimum absolute atomic E-state index is 0. The zero-order valence-electron chi connectivity index (χ0n) is 13.0. The summed E-state index contributed by atoms with van der Waals surface area (Å²) in [5.74, 6) is 1.01. The van der Waals surface area contributed by atoms with Crippen LogP contribution in [0.15, 0.2) is 53.5 Å². The lowest BCUT2D eigenvalue weighted by Crippen LogP contribution is -2.22. The third-order valence-electron chi connectivity index (χ3n) is 3.17. The first-order chi connectivity index (χ1) is 10.7. The van der Waals surface area contributed by atoms with Crippen molar-refractivity contribution in [3.05, 3.63) is 59.1 Å². The van der Waals surface area contributed by atoms with Gasteiger partial charge in [0.2, 0.25) is 0 Å². The molecule has 2 rings (SSSR count). The van der Waals surface area contributed by atoms with Gasteiger partial charge in [0, 0.05) is 12.2 Å². The highest BCUT2D eigenvalue weighted by Gasteiger charge is 2.02. The van der Waals surface area contributed by atoms with E-state index in [4.69, 9.17) is 22.1 Å². The summed E-state index contributed by atoms with van der Waals surface area (Å²) in [7, 11) is 1.58. The number of nitrogens with one attached hydrogen (secondary N) is 1. The molecule has 0 fully saturated rings. The topological polar surface area (TPSA) is 59.6 Å². The van der Waals surface area contributed by atoms with E-state index in [-0.39, 0.29) is 24.0 Å². The number of hydrogen-bond donors (Lipinski definition) is 2. The van der Waals surface area contributed by atoms with Gasteiger partial charge < -0.3 is 15.8 Å². The molecule has 3 N–H and O–H groups in total. The van der Waals surface area contributed by atoms with Crippen LogP contribution < -0.4 is 15.8 Å². The monoisotopic (exact) mass is 445 g/mol. The van der Waals surface area contributed by atoms with Gasteiger partial charge in [-0.15, -0.1) is 24.0 Å². The lowest BCUT2D eigenvalue weighted by molar-refractivity contribution is 0.415. The number of methoxy groups -OCH3 is 1. The number of benzene rings is 2. The Hall–Kier alpha value is -1.47. The molecule has 0 saturated carbocycles. The molecule has 0 heterocycles. The molecule has 0 saturated heterocycles. The number of nitrogens with zero attached hydrogens (tertiary/aromatic N) is 1. The van der Waals surface area contributed by atoms with Crippen molar-refractivity contribution >= 4 is 47.2 Å². The number of rotatable bonds is 6. The Morgan fingerprint density at radius 3 is 2.61 bits per heavy atom. The van der Waals surface area contributed by atoms with Crippen LogP contribution in [0, 0.1) is 0 Å². The van der Waals surface area contributed by atoms with Crippen LogP contribution in [-0.2, 0) is 6.42 Å². The summed E-state index contributed by atoms with van der Waals surface area (Å²) in [6.07, 6.45) is 1.95. The van der Waals surface area contributed by atoms with Gasteiger partial charge in [0.25, 0.3) is 0 Å². The normalized spacial score (nSPS) is 10.8. The molecule has 0 unspecified atom stereocenters. The second-order valence-electron chi connectivity index (χ2n) is 4.83. The number of ether oxygens (including phenoxy) is 1. The van der Waals surface area contributed by atoms with E-state index in [0.717, 1.165) is 18.5 Å². The van der Waals surface area contributed by atoms with Crippen LogP contribution in [0.5, 0.6) is 5.75 Å². The Morgan fingerprint density at radius 1 is 1.22 bits per heavy atom. The maximum Gasteiger partial charge on any atom is 0.193 e. The van der Waals surface area contributed by atoms with E-state index in [2.05, 4.69) is 22.4 Å². The summed E-state index contributed by atoms with van der Waals surface area (Å²) in [5, 5.41) is 3.55. The molecular weight excluding hydrogens is 425 g/mol. The van der Waals surface area contributed by atoms with Gasteiger partial charge >= 0.3 is 0 Å². The molecule has 0 aliphatic rings. The first kappa shape index (κ1) is 19.6. The molecule has 0 atom stereocenters. The summed E-state index contributed by atoms with van der Waals surface area (Å²) in [6.45, 7) is 0.678. The van der Waals surface area contributed by atoms with E-state index in [1.807, 2.05) is 24.3 Å². The smallest absolute Gasteiger partial charge is 0.193 e.